The van der Waals surface area contributed by atoms with Crippen molar-refractivity contribution in [2.24, 2.45) is 0 Å². The third-order valence-electron chi connectivity index (χ3n) is 2.27. The van der Waals surface area contributed by atoms with Crippen LogP contribution >= 0.6 is 11.8 Å². The van der Waals surface area contributed by atoms with Crippen molar-refractivity contribution in [1.29, 1.82) is 0 Å². The van der Waals surface area contributed by atoms with Crippen LogP contribution in [0.3, 0.4) is 0 Å². The third-order valence-corrected chi connectivity index (χ3v) is 3.63. The summed E-state index contributed by atoms with van der Waals surface area (Å²) in [4.78, 5) is 10.8. The van der Waals surface area contributed by atoms with Gasteiger partial charge in [0, 0.05) is 6.42 Å². The van der Waals surface area contributed by atoms with Gasteiger partial charge in [-0.1, -0.05) is 26.2 Å². The summed E-state index contributed by atoms with van der Waals surface area (Å²) >= 11 is 1.12. The summed E-state index contributed by atoms with van der Waals surface area (Å²) in [7, 11) is 0. The Morgan fingerprint density at radius 1 is 1.29 bits per heavy atom. The number of alkyl halides is 3. The molecule has 102 valence electrons. The largest absolute Gasteiger partial charge is 0.480 e. The molecule has 6 heteroatoms. The Labute approximate surface area is 104 Å². The molecule has 1 N–H and O–H groups in total. The first kappa shape index (κ1) is 16.6. The number of carbonyl (C=O) groups is 1. The second kappa shape index (κ2) is 8.66. The molecule has 0 heterocycles. The monoisotopic (exact) mass is 272 g/mol. The minimum Gasteiger partial charge on any atom is -0.480 e. The van der Waals surface area contributed by atoms with Crippen LogP contribution in [0.2, 0.25) is 0 Å². The van der Waals surface area contributed by atoms with E-state index in [-0.39, 0.29) is 12.2 Å². The standard InChI is InChI=1S/C11H19F3O2S/c1-2-3-4-6-9(10(15)16)17-8-5-7-11(12,13)14/h9H,2-8H2,1H3,(H,15,16). The molecule has 0 amide bonds. The molecule has 1 unspecified atom stereocenters. The fraction of sp³-hybridized carbons (Fsp3) is 0.909. The maximum atomic E-state index is 11.9. The molecular formula is C11H19F3O2S. The predicted octanol–water partition coefficient (Wildman–Crippen LogP) is 4.10. The van der Waals surface area contributed by atoms with Gasteiger partial charge in [-0.15, -0.1) is 11.8 Å². The zero-order valence-electron chi connectivity index (χ0n) is 9.92. The van der Waals surface area contributed by atoms with Gasteiger partial charge >= 0.3 is 12.1 Å². The maximum absolute atomic E-state index is 11.9. The molecule has 0 radical (unpaired) electrons. The van der Waals surface area contributed by atoms with E-state index in [1.165, 1.54) is 0 Å². The molecule has 0 spiro atoms. The highest BCUT2D eigenvalue weighted by Crippen LogP contribution is 2.25. The SMILES string of the molecule is CCCCCC(SCCCC(F)(F)F)C(=O)O. The smallest absolute Gasteiger partial charge is 0.389 e. The van der Waals surface area contributed by atoms with Crippen molar-refractivity contribution < 1.29 is 23.1 Å². The minimum absolute atomic E-state index is 0.00821. The summed E-state index contributed by atoms with van der Waals surface area (Å²) in [6.45, 7) is 2.02. The Kier molecular flexibility index (Phi) is 8.47. The van der Waals surface area contributed by atoms with Crippen molar-refractivity contribution in [1.82, 2.24) is 0 Å². The van der Waals surface area contributed by atoms with E-state index in [1.54, 1.807) is 0 Å². The molecule has 1 atom stereocenters. The van der Waals surface area contributed by atoms with Crippen molar-refractivity contribution in [3.05, 3.63) is 0 Å². The van der Waals surface area contributed by atoms with Gasteiger partial charge in [0.1, 0.15) is 5.25 Å². The average Bonchev–Trinajstić information content (AvgIpc) is 2.19. The van der Waals surface area contributed by atoms with E-state index in [4.69, 9.17) is 5.11 Å². The van der Waals surface area contributed by atoms with Gasteiger partial charge in [0.15, 0.2) is 0 Å². The van der Waals surface area contributed by atoms with Crippen molar-refractivity contribution in [3.8, 4) is 0 Å². The van der Waals surface area contributed by atoms with Crippen LogP contribution < -0.4 is 0 Å². The highest BCUT2D eigenvalue weighted by Gasteiger charge is 2.26. The number of hydrogen-bond acceptors (Lipinski definition) is 2. The Morgan fingerprint density at radius 3 is 2.41 bits per heavy atom. The molecule has 0 saturated carbocycles. The molecule has 0 rings (SSSR count). The van der Waals surface area contributed by atoms with E-state index >= 15 is 0 Å². The number of carboxylic acid groups (broad SMARTS) is 1. The number of thioether (sulfide) groups is 1. The van der Waals surface area contributed by atoms with Gasteiger partial charge in [-0.3, -0.25) is 4.79 Å². The maximum Gasteiger partial charge on any atom is 0.389 e. The molecule has 2 nitrogen and oxygen atoms in total. The average molecular weight is 272 g/mol. The molecule has 0 aliphatic heterocycles. The second-order valence-electron chi connectivity index (χ2n) is 3.91. The van der Waals surface area contributed by atoms with E-state index in [2.05, 4.69) is 0 Å². The summed E-state index contributed by atoms with van der Waals surface area (Å²) in [5, 5.41) is 8.33. The van der Waals surface area contributed by atoms with E-state index in [0.717, 1.165) is 31.0 Å². The molecule has 0 fully saturated rings. The van der Waals surface area contributed by atoms with Crippen LogP contribution in [-0.4, -0.2) is 28.3 Å². The molecule has 0 saturated heterocycles. The van der Waals surface area contributed by atoms with Crippen molar-refractivity contribution in [2.75, 3.05) is 5.75 Å². The lowest BCUT2D eigenvalue weighted by atomic mass is 10.1. The molecule has 0 aromatic rings. The van der Waals surface area contributed by atoms with E-state index in [1.807, 2.05) is 6.92 Å². The highest BCUT2D eigenvalue weighted by molar-refractivity contribution is 8.00. The zero-order chi connectivity index (χ0) is 13.3. The number of rotatable bonds is 9. The van der Waals surface area contributed by atoms with Gasteiger partial charge in [0.2, 0.25) is 0 Å². The lowest BCUT2D eigenvalue weighted by Crippen LogP contribution is -2.17. The van der Waals surface area contributed by atoms with Crippen LogP contribution in [0.1, 0.15) is 45.4 Å². The number of aliphatic carboxylic acids is 1. The molecule has 17 heavy (non-hydrogen) atoms. The van der Waals surface area contributed by atoms with Gasteiger partial charge in [-0.2, -0.15) is 13.2 Å². The summed E-state index contributed by atoms with van der Waals surface area (Å²) in [6.07, 6.45) is -1.65. The van der Waals surface area contributed by atoms with Crippen LogP contribution in [0.5, 0.6) is 0 Å². The van der Waals surface area contributed by atoms with Crippen molar-refractivity contribution >= 4 is 17.7 Å². The third kappa shape index (κ3) is 10.5. The summed E-state index contributed by atoms with van der Waals surface area (Å²) in [5.74, 6) is -0.666. The first-order valence-electron chi connectivity index (χ1n) is 5.78. The normalized spacial score (nSPS) is 13.6. The van der Waals surface area contributed by atoms with Crippen LogP contribution in [0.15, 0.2) is 0 Å². The Balaban J connectivity index is 3.74. The lowest BCUT2D eigenvalue weighted by Gasteiger charge is -2.12. The molecule has 0 aromatic heterocycles. The van der Waals surface area contributed by atoms with Gasteiger partial charge < -0.3 is 5.11 Å². The summed E-state index contributed by atoms with van der Waals surface area (Å²) in [6, 6.07) is 0. The zero-order valence-corrected chi connectivity index (χ0v) is 10.7. The molecule has 0 aliphatic rings. The minimum atomic E-state index is -4.14. The summed E-state index contributed by atoms with van der Waals surface area (Å²) in [5.41, 5.74) is 0. The fourth-order valence-electron chi connectivity index (χ4n) is 1.36. The molecular weight excluding hydrogens is 253 g/mol. The number of halogens is 3. The number of carboxylic acids is 1. The number of unbranched alkanes of at least 4 members (excludes halogenated alkanes) is 2. The lowest BCUT2D eigenvalue weighted by molar-refractivity contribution is -0.136. The van der Waals surface area contributed by atoms with Crippen molar-refractivity contribution in [3.63, 3.8) is 0 Å². The highest BCUT2D eigenvalue weighted by atomic mass is 32.2. The molecule has 0 aliphatic carbocycles. The van der Waals surface area contributed by atoms with E-state index in [0.29, 0.717) is 6.42 Å². The summed E-state index contributed by atoms with van der Waals surface area (Å²) < 4.78 is 35.6. The van der Waals surface area contributed by atoms with Gasteiger partial charge in [-0.25, -0.2) is 0 Å². The van der Waals surface area contributed by atoms with Gasteiger partial charge in [-0.05, 0) is 18.6 Å². The second-order valence-corrected chi connectivity index (χ2v) is 5.22. The van der Waals surface area contributed by atoms with Crippen LogP contribution in [-0.2, 0) is 4.79 Å². The van der Waals surface area contributed by atoms with E-state index in [9.17, 15) is 18.0 Å². The fourth-order valence-corrected chi connectivity index (χ4v) is 2.43. The van der Waals surface area contributed by atoms with Gasteiger partial charge in [0.25, 0.3) is 0 Å². The topological polar surface area (TPSA) is 37.3 Å². The van der Waals surface area contributed by atoms with Crippen LogP contribution in [0.4, 0.5) is 13.2 Å². The van der Waals surface area contributed by atoms with Crippen molar-refractivity contribution in [2.45, 2.75) is 56.9 Å². The number of hydrogen-bond donors (Lipinski definition) is 1. The molecule has 0 aromatic carbocycles. The van der Waals surface area contributed by atoms with Crippen LogP contribution in [0, 0.1) is 0 Å². The predicted molar refractivity (Wildman–Crippen MR) is 63.3 cm³/mol. The first-order chi connectivity index (χ1) is 7.87. The Hall–Kier alpha value is -0.390. The Bertz CT molecular complexity index is 219. The van der Waals surface area contributed by atoms with Crippen LogP contribution in [0.25, 0.3) is 0 Å². The molecule has 0 bridgehead atoms. The Morgan fingerprint density at radius 2 is 1.94 bits per heavy atom. The van der Waals surface area contributed by atoms with Gasteiger partial charge in [0.05, 0.1) is 0 Å². The van der Waals surface area contributed by atoms with E-state index < -0.39 is 23.8 Å². The quantitative estimate of drug-likeness (QED) is 0.642. The first-order valence-corrected chi connectivity index (χ1v) is 6.83.